The van der Waals surface area contributed by atoms with Crippen molar-refractivity contribution in [3.63, 3.8) is 0 Å². The van der Waals surface area contributed by atoms with Crippen LogP contribution in [0.4, 0.5) is 10.1 Å². The molecular weight excluding hydrogens is 545 g/mol. The van der Waals surface area contributed by atoms with Crippen molar-refractivity contribution in [2.24, 2.45) is 18.9 Å². The zero-order valence-electron chi connectivity index (χ0n) is 23.0. The standard InChI is InChI=1S/C32H33ClFN3O4/c1-37-18-35-28(29(37)30(38)36-23-7-8-26(34)25(33)13-23)19-11-20-14-31(39,15-21(20)12-19)9-10-32(40)16-22(17-32)24-5-3-4-6-27(24)41-2/h3-8,13,18-22,39-40H,11-12,14-17H2,1-2H3,(H,36,38). The lowest BCUT2D eigenvalue weighted by molar-refractivity contribution is 0.00410. The molecule has 3 saturated carbocycles. The molecule has 1 amide bonds. The third-order valence-electron chi connectivity index (χ3n) is 9.06. The normalized spacial score (nSPS) is 30.2. The first kappa shape index (κ1) is 27.8. The van der Waals surface area contributed by atoms with Gasteiger partial charge in [0.15, 0.2) is 0 Å². The van der Waals surface area contributed by atoms with Gasteiger partial charge in [0, 0.05) is 18.7 Å². The van der Waals surface area contributed by atoms with E-state index in [0.717, 1.165) is 29.8 Å². The Balaban J connectivity index is 1.09. The number of halogens is 2. The number of aromatic nitrogens is 2. The van der Waals surface area contributed by atoms with E-state index < -0.39 is 17.0 Å². The number of amides is 1. The Morgan fingerprint density at radius 1 is 1.07 bits per heavy atom. The summed E-state index contributed by atoms with van der Waals surface area (Å²) in [6.45, 7) is 0. The average molecular weight is 578 g/mol. The Labute approximate surface area is 243 Å². The van der Waals surface area contributed by atoms with Gasteiger partial charge in [0.05, 0.1) is 24.2 Å². The highest BCUT2D eigenvalue weighted by molar-refractivity contribution is 6.31. The molecule has 2 unspecified atom stereocenters. The molecular formula is C32H33ClFN3O4. The predicted molar refractivity (Wildman–Crippen MR) is 153 cm³/mol. The molecule has 214 valence electrons. The summed E-state index contributed by atoms with van der Waals surface area (Å²) in [5.74, 6) is 6.78. The lowest BCUT2D eigenvalue weighted by Gasteiger charge is -2.40. The monoisotopic (exact) mass is 577 g/mol. The van der Waals surface area contributed by atoms with Crippen molar-refractivity contribution < 1.29 is 24.1 Å². The molecule has 0 bridgehead atoms. The SMILES string of the molecule is COc1ccccc1C1CC(O)(C#CC2(O)CC3CC(c4ncn(C)c4C(=O)Nc4ccc(F)c(Cl)c4)CC3C2)C1. The number of nitrogens with one attached hydrogen (secondary N) is 1. The number of ether oxygens (including phenoxy) is 1. The second kappa shape index (κ2) is 10.5. The molecule has 6 rings (SSSR count). The fraction of sp³-hybridized carbons (Fsp3) is 0.438. The third-order valence-corrected chi connectivity index (χ3v) is 9.35. The number of benzene rings is 2. The van der Waals surface area contributed by atoms with Crippen molar-refractivity contribution in [1.82, 2.24) is 9.55 Å². The Kier molecular flexibility index (Phi) is 7.09. The fourth-order valence-corrected chi connectivity index (χ4v) is 7.27. The topological polar surface area (TPSA) is 96.6 Å². The van der Waals surface area contributed by atoms with Gasteiger partial charge in [-0.3, -0.25) is 4.79 Å². The molecule has 0 spiro atoms. The minimum atomic E-state index is -1.13. The molecule has 3 aliphatic rings. The van der Waals surface area contributed by atoms with Crippen molar-refractivity contribution in [3.05, 3.63) is 76.6 Å². The van der Waals surface area contributed by atoms with E-state index in [0.29, 0.717) is 37.1 Å². The molecule has 9 heteroatoms. The number of aliphatic hydroxyl groups is 2. The lowest BCUT2D eigenvalue weighted by atomic mass is 9.68. The van der Waals surface area contributed by atoms with Gasteiger partial charge in [-0.15, -0.1) is 0 Å². The van der Waals surface area contributed by atoms with Crippen LogP contribution in [0.5, 0.6) is 5.75 Å². The van der Waals surface area contributed by atoms with Crippen LogP contribution in [0.3, 0.4) is 0 Å². The molecule has 2 atom stereocenters. The van der Waals surface area contributed by atoms with Gasteiger partial charge in [-0.05, 0) is 86.1 Å². The highest BCUT2D eigenvalue weighted by Crippen LogP contribution is 2.54. The lowest BCUT2D eigenvalue weighted by Crippen LogP contribution is -2.42. The van der Waals surface area contributed by atoms with Crippen molar-refractivity contribution in [2.45, 2.75) is 61.6 Å². The molecule has 0 saturated heterocycles. The number of fused-ring (bicyclic) bond motifs is 1. The molecule has 0 radical (unpaired) electrons. The first-order chi connectivity index (χ1) is 19.6. The van der Waals surface area contributed by atoms with E-state index in [1.165, 1.54) is 18.2 Å². The number of carbonyl (C=O) groups is 1. The van der Waals surface area contributed by atoms with Gasteiger partial charge >= 0.3 is 0 Å². The number of rotatable bonds is 5. The number of carbonyl (C=O) groups excluding carboxylic acids is 1. The van der Waals surface area contributed by atoms with Crippen LogP contribution < -0.4 is 10.1 Å². The Bertz CT molecular complexity index is 1540. The van der Waals surface area contributed by atoms with Gasteiger partial charge in [0.2, 0.25) is 0 Å². The van der Waals surface area contributed by atoms with Crippen LogP contribution in [-0.4, -0.2) is 44.0 Å². The zero-order chi connectivity index (χ0) is 28.9. The van der Waals surface area contributed by atoms with Crippen molar-refractivity contribution in [1.29, 1.82) is 0 Å². The number of aryl methyl sites for hydroxylation is 1. The van der Waals surface area contributed by atoms with Gasteiger partial charge in [-0.2, -0.15) is 0 Å². The quantitative estimate of drug-likeness (QED) is 0.352. The van der Waals surface area contributed by atoms with Crippen LogP contribution in [0.2, 0.25) is 5.02 Å². The van der Waals surface area contributed by atoms with E-state index in [2.05, 4.69) is 22.1 Å². The van der Waals surface area contributed by atoms with Crippen LogP contribution in [0.15, 0.2) is 48.8 Å². The summed E-state index contributed by atoms with van der Waals surface area (Å²) in [6, 6.07) is 11.9. The molecule has 3 N–H and O–H groups in total. The molecule has 1 aromatic heterocycles. The summed E-state index contributed by atoms with van der Waals surface area (Å²) < 4.78 is 20.7. The summed E-state index contributed by atoms with van der Waals surface area (Å²) in [5.41, 5.74) is 0.439. The van der Waals surface area contributed by atoms with Crippen LogP contribution >= 0.6 is 11.6 Å². The molecule has 3 fully saturated rings. The number of hydrogen-bond acceptors (Lipinski definition) is 5. The number of nitrogens with zero attached hydrogens (tertiary/aromatic N) is 2. The Hall–Kier alpha value is -3.38. The average Bonchev–Trinajstić information content (AvgIpc) is 3.59. The molecule has 1 heterocycles. The Morgan fingerprint density at radius 2 is 1.73 bits per heavy atom. The first-order valence-corrected chi connectivity index (χ1v) is 14.3. The second-order valence-corrected chi connectivity index (χ2v) is 12.3. The van der Waals surface area contributed by atoms with E-state index in [1.54, 1.807) is 25.1 Å². The maximum Gasteiger partial charge on any atom is 0.274 e. The van der Waals surface area contributed by atoms with Crippen LogP contribution in [0, 0.1) is 29.5 Å². The summed E-state index contributed by atoms with van der Waals surface area (Å²) in [5, 5.41) is 25.1. The summed E-state index contributed by atoms with van der Waals surface area (Å²) in [7, 11) is 3.42. The van der Waals surface area contributed by atoms with E-state index >= 15 is 0 Å². The molecule has 3 aliphatic carbocycles. The van der Waals surface area contributed by atoms with Gasteiger partial charge in [-0.25, -0.2) is 9.37 Å². The van der Waals surface area contributed by atoms with E-state index in [4.69, 9.17) is 16.3 Å². The minimum absolute atomic E-state index is 0.0621. The highest BCUT2D eigenvalue weighted by Gasteiger charge is 2.50. The van der Waals surface area contributed by atoms with Gasteiger partial charge < -0.3 is 24.8 Å². The highest BCUT2D eigenvalue weighted by atomic mass is 35.5. The summed E-state index contributed by atoms with van der Waals surface area (Å²) >= 11 is 5.88. The Morgan fingerprint density at radius 3 is 2.39 bits per heavy atom. The molecule has 3 aromatic rings. The van der Waals surface area contributed by atoms with Gasteiger partial charge in [0.25, 0.3) is 5.91 Å². The minimum Gasteiger partial charge on any atom is -0.496 e. The summed E-state index contributed by atoms with van der Waals surface area (Å²) in [4.78, 5) is 17.8. The number of imidazole rings is 1. The molecule has 7 nitrogen and oxygen atoms in total. The predicted octanol–water partition coefficient (Wildman–Crippen LogP) is 5.42. The fourth-order valence-electron chi connectivity index (χ4n) is 7.09. The smallest absolute Gasteiger partial charge is 0.274 e. The number of methoxy groups -OCH3 is 1. The van der Waals surface area contributed by atoms with Crippen molar-refractivity contribution in [2.75, 3.05) is 12.4 Å². The van der Waals surface area contributed by atoms with Crippen LogP contribution in [-0.2, 0) is 7.05 Å². The second-order valence-electron chi connectivity index (χ2n) is 11.9. The van der Waals surface area contributed by atoms with Crippen molar-refractivity contribution >= 4 is 23.2 Å². The van der Waals surface area contributed by atoms with Crippen LogP contribution in [0.25, 0.3) is 0 Å². The largest absolute Gasteiger partial charge is 0.496 e. The van der Waals surface area contributed by atoms with Gasteiger partial charge in [-0.1, -0.05) is 41.6 Å². The van der Waals surface area contributed by atoms with Crippen LogP contribution in [0.1, 0.15) is 72.1 Å². The first-order valence-electron chi connectivity index (χ1n) is 14.0. The van der Waals surface area contributed by atoms with E-state index in [9.17, 15) is 19.4 Å². The zero-order valence-corrected chi connectivity index (χ0v) is 23.8. The third kappa shape index (κ3) is 5.34. The van der Waals surface area contributed by atoms with Crippen molar-refractivity contribution in [3.8, 4) is 17.6 Å². The maximum atomic E-state index is 13.5. The molecule has 41 heavy (non-hydrogen) atoms. The maximum absolute atomic E-state index is 13.5. The number of anilines is 1. The molecule has 0 aliphatic heterocycles. The molecule has 2 aromatic carbocycles. The number of hydrogen-bond donors (Lipinski definition) is 3. The summed E-state index contributed by atoms with van der Waals surface area (Å²) in [6.07, 6.45) is 5.34. The van der Waals surface area contributed by atoms with Gasteiger partial charge in [0.1, 0.15) is 28.5 Å². The van der Waals surface area contributed by atoms with E-state index in [-0.39, 0.29) is 34.6 Å². The van der Waals surface area contributed by atoms with E-state index in [1.807, 2.05) is 24.3 Å². The number of para-hydroxylation sites is 1.